The Morgan fingerprint density at radius 3 is 2.79 bits per heavy atom. The number of hydrogen-bond donors (Lipinski definition) is 1. The molecule has 0 radical (unpaired) electrons. The van der Waals surface area contributed by atoms with E-state index in [1.165, 1.54) is 0 Å². The Kier molecular flexibility index (Phi) is 3.84. The third kappa shape index (κ3) is 2.93. The number of rotatable bonds is 5. The molecule has 0 unspecified atom stereocenters. The maximum absolute atomic E-state index is 12.5. The van der Waals surface area contributed by atoms with E-state index in [4.69, 9.17) is 0 Å². The monoisotopic (exact) mass is 357 g/mol. The molecule has 1 N–H and O–H groups in total. The summed E-state index contributed by atoms with van der Waals surface area (Å²) >= 11 is 1.56. The van der Waals surface area contributed by atoms with E-state index in [0.717, 1.165) is 21.4 Å². The number of sulfonamides is 1. The van der Waals surface area contributed by atoms with Crippen LogP contribution in [0.2, 0.25) is 0 Å². The Labute approximate surface area is 143 Å². The first-order valence-corrected chi connectivity index (χ1v) is 9.88. The summed E-state index contributed by atoms with van der Waals surface area (Å²) in [6, 6.07) is 12.9. The van der Waals surface area contributed by atoms with Crippen molar-refractivity contribution in [2.45, 2.75) is 11.3 Å². The molecule has 0 aliphatic rings. The fraction of sp³-hybridized carbons (Fsp3) is 0.118. The summed E-state index contributed by atoms with van der Waals surface area (Å²) in [4.78, 5) is 5.66. The molecule has 0 bridgehead atoms. The second-order valence-corrected chi connectivity index (χ2v) is 8.12. The molecule has 2 aromatic carbocycles. The van der Waals surface area contributed by atoms with Crippen molar-refractivity contribution in [3.8, 4) is 0 Å². The Morgan fingerprint density at radius 2 is 1.96 bits per heavy atom. The van der Waals surface area contributed by atoms with Crippen molar-refractivity contribution in [1.29, 1.82) is 0 Å². The highest BCUT2D eigenvalue weighted by molar-refractivity contribution is 7.89. The van der Waals surface area contributed by atoms with E-state index in [2.05, 4.69) is 9.71 Å². The minimum atomic E-state index is -3.52. The molecule has 2 aromatic heterocycles. The number of hydrogen-bond acceptors (Lipinski definition) is 4. The maximum atomic E-state index is 12.5. The molecular formula is C17H15N3O2S2. The van der Waals surface area contributed by atoms with Crippen LogP contribution in [0.25, 0.3) is 15.7 Å². The molecule has 0 atom stereocenters. The molecule has 4 rings (SSSR count). The van der Waals surface area contributed by atoms with Crippen LogP contribution in [0.5, 0.6) is 0 Å². The van der Waals surface area contributed by atoms with Gasteiger partial charge in [-0.3, -0.25) is 4.40 Å². The van der Waals surface area contributed by atoms with Gasteiger partial charge in [-0.2, -0.15) is 0 Å². The molecule has 0 saturated carbocycles. The molecule has 122 valence electrons. The number of fused-ring (bicyclic) bond motifs is 2. The van der Waals surface area contributed by atoms with E-state index in [1.54, 1.807) is 23.5 Å². The van der Waals surface area contributed by atoms with Crippen LogP contribution in [-0.4, -0.2) is 24.3 Å². The van der Waals surface area contributed by atoms with Crippen LogP contribution in [0.3, 0.4) is 0 Å². The molecule has 7 heteroatoms. The molecule has 0 aliphatic heterocycles. The number of nitrogens with zero attached hydrogens (tertiary/aromatic N) is 2. The van der Waals surface area contributed by atoms with E-state index >= 15 is 0 Å². The number of benzene rings is 2. The topological polar surface area (TPSA) is 63.5 Å². The van der Waals surface area contributed by atoms with Gasteiger partial charge in [0.2, 0.25) is 10.0 Å². The number of aromatic nitrogens is 2. The van der Waals surface area contributed by atoms with Gasteiger partial charge in [0.05, 0.1) is 10.6 Å². The minimum Gasteiger partial charge on any atom is -0.297 e. The van der Waals surface area contributed by atoms with Crippen LogP contribution in [0, 0.1) is 0 Å². The third-order valence-electron chi connectivity index (χ3n) is 3.85. The first-order valence-electron chi connectivity index (χ1n) is 7.51. The van der Waals surface area contributed by atoms with Gasteiger partial charge in [0.1, 0.15) is 0 Å². The van der Waals surface area contributed by atoms with Gasteiger partial charge in [0.25, 0.3) is 0 Å². The summed E-state index contributed by atoms with van der Waals surface area (Å²) in [6.07, 6.45) is 4.42. The highest BCUT2D eigenvalue weighted by Gasteiger charge is 2.14. The van der Waals surface area contributed by atoms with E-state index < -0.39 is 10.0 Å². The van der Waals surface area contributed by atoms with Crippen molar-refractivity contribution in [1.82, 2.24) is 14.1 Å². The summed E-state index contributed by atoms with van der Waals surface area (Å²) in [5.41, 5.74) is 0.878. The summed E-state index contributed by atoms with van der Waals surface area (Å²) in [5, 5.41) is 3.90. The zero-order chi connectivity index (χ0) is 16.6. The fourth-order valence-corrected chi connectivity index (χ4v) is 4.41. The summed E-state index contributed by atoms with van der Waals surface area (Å²) in [6.45, 7) is 0.319. The Balaban J connectivity index is 1.48. The van der Waals surface area contributed by atoms with Crippen molar-refractivity contribution in [2.24, 2.45) is 0 Å². The second-order valence-electron chi connectivity index (χ2n) is 5.48. The van der Waals surface area contributed by atoms with Gasteiger partial charge in [-0.15, -0.1) is 11.3 Å². The van der Waals surface area contributed by atoms with Crippen molar-refractivity contribution in [2.75, 3.05) is 6.54 Å². The molecule has 24 heavy (non-hydrogen) atoms. The molecular weight excluding hydrogens is 342 g/mol. The van der Waals surface area contributed by atoms with Crippen LogP contribution < -0.4 is 4.72 Å². The van der Waals surface area contributed by atoms with Crippen molar-refractivity contribution >= 4 is 37.1 Å². The molecule has 2 heterocycles. The molecule has 0 saturated heterocycles. The van der Waals surface area contributed by atoms with Gasteiger partial charge >= 0.3 is 0 Å². The first-order chi connectivity index (χ1) is 11.6. The van der Waals surface area contributed by atoms with Crippen molar-refractivity contribution in [3.63, 3.8) is 0 Å². The van der Waals surface area contributed by atoms with Crippen molar-refractivity contribution < 1.29 is 8.42 Å². The van der Waals surface area contributed by atoms with E-state index in [9.17, 15) is 8.42 Å². The van der Waals surface area contributed by atoms with Gasteiger partial charge in [-0.05, 0) is 22.9 Å². The molecule has 0 fully saturated rings. The normalized spacial score (nSPS) is 12.2. The highest BCUT2D eigenvalue weighted by Crippen LogP contribution is 2.19. The lowest BCUT2D eigenvalue weighted by molar-refractivity contribution is 0.581. The molecule has 0 spiro atoms. The van der Waals surface area contributed by atoms with E-state index in [-0.39, 0.29) is 4.90 Å². The number of nitrogens with one attached hydrogen (secondary N) is 1. The first kappa shape index (κ1) is 15.3. The quantitative estimate of drug-likeness (QED) is 0.597. The predicted molar refractivity (Wildman–Crippen MR) is 95.9 cm³/mol. The van der Waals surface area contributed by atoms with E-state index in [0.29, 0.717) is 13.0 Å². The lowest BCUT2D eigenvalue weighted by Gasteiger charge is -2.07. The predicted octanol–water partition coefficient (Wildman–Crippen LogP) is 3.07. The standard InChI is InChI=1S/C17H15N3O2S2/c21-24(22,16-6-5-13-3-1-2-4-14(13)11-16)18-8-7-15-12-20-9-10-23-17(20)19-15/h1-6,9-12,18H,7-8H2. The van der Waals surface area contributed by atoms with Gasteiger partial charge in [0.15, 0.2) is 4.96 Å². The molecule has 0 amide bonds. The maximum Gasteiger partial charge on any atom is 0.240 e. The van der Waals surface area contributed by atoms with Crippen LogP contribution in [0.4, 0.5) is 0 Å². The average molecular weight is 357 g/mol. The van der Waals surface area contributed by atoms with Crippen LogP contribution in [-0.2, 0) is 16.4 Å². The highest BCUT2D eigenvalue weighted by atomic mass is 32.2. The summed E-state index contributed by atoms with van der Waals surface area (Å²) in [7, 11) is -3.52. The fourth-order valence-electron chi connectivity index (χ4n) is 2.63. The Morgan fingerprint density at radius 1 is 1.12 bits per heavy atom. The summed E-state index contributed by atoms with van der Waals surface area (Å²) in [5.74, 6) is 0. The van der Waals surface area contributed by atoms with Crippen LogP contribution in [0.1, 0.15) is 5.69 Å². The van der Waals surface area contributed by atoms with Gasteiger partial charge in [-0.1, -0.05) is 30.3 Å². The van der Waals surface area contributed by atoms with Gasteiger partial charge < -0.3 is 0 Å². The average Bonchev–Trinajstić information content (AvgIpc) is 3.16. The Hall–Kier alpha value is -2.22. The lowest BCUT2D eigenvalue weighted by atomic mass is 10.1. The van der Waals surface area contributed by atoms with Crippen molar-refractivity contribution in [3.05, 3.63) is 65.9 Å². The van der Waals surface area contributed by atoms with Gasteiger partial charge in [0, 0.05) is 30.7 Å². The SMILES string of the molecule is O=S(=O)(NCCc1cn2ccsc2n1)c1ccc2ccccc2c1. The third-order valence-corrected chi connectivity index (χ3v) is 6.08. The smallest absolute Gasteiger partial charge is 0.240 e. The lowest BCUT2D eigenvalue weighted by Crippen LogP contribution is -2.26. The minimum absolute atomic E-state index is 0.284. The second kappa shape index (κ2) is 6.01. The van der Waals surface area contributed by atoms with Gasteiger partial charge in [-0.25, -0.2) is 18.1 Å². The zero-order valence-electron chi connectivity index (χ0n) is 12.7. The Bertz CT molecular complexity index is 1080. The molecule has 0 aliphatic carbocycles. The van der Waals surface area contributed by atoms with Crippen LogP contribution >= 0.6 is 11.3 Å². The molecule has 5 nitrogen and oxygen atoms in total. The summed E-state index contributed by atoms with van der Waals surface area (Å²) < 4.78 is 29.5. The number of imidazole rings is 1. The van der Waals surface area contributed by atoms with E-state index in [1.807, 2.05) is 52.5 Å². The zero-order valence-corrected chi connectivity index (χ0v) is 14.3. The number of thiazole rings is 1. The largest absolute Gasteiger partial charge is 0.297 e. The van der Waals surface area contributed by atoms with Crippen LogP contribution in [0.15, 0.2) is 65.1 Å². The molecule has 4 aromatic rings.